The minimum atomic E-state index is 0.0288. The number of benzene rings is 1. The molecule has 0 saturated heterocycles. The van der Waals surface area contributed by atoms with Crippen LogP contribution in [-0.4, -0.2) is 5.91 Å². The summed E-state index contributed by atoms with van der Waals surface area (Å²) in [6.45, 7) is 4.99. The molecule has 1 aliphatic heterocycles. The number of fused-ring (bicyclic) bond motifs is 1. The second kappa shape index (κ2) is 4.83. The molecule has 4 N–H and O–H groups in total. The molecule has 2 aromatic rings. The van der Waals surface area contributed by atoms with Crippen molar-refractivity contribution in [2.45, 2.75) is 26.8 Å². The summed E-state index contributed by atoms with van der Waals surface area (Å²) in [6, 6.07) is 5.99. The summed E-state index contributed by atoms with van der Waals surface area (Å²) in [5, 5.41) is 6.19. The van der Waals surface area contributed by atoms with Crippen LogP contribution < -0.4 is 16.4 Å². The van der Waals surface area contributed by atoms with E-state index in [1.807, 2.05) is 12.1 Å². The summed E-state index contributed by atoms with van der Waals surface area (Å²) in [5.41, 5.74) is 10.8. The van der Waals surface area contributed by atoms with Crippen molar-refractivity contribution in [2.75, 3.05) is 16.4 Å². The van der Waals surface area contributed by atoms with Crippen molar-refractivity contribution in [3.63, 3.8) is 0 Å². The maximum absolute atomic E-state index is 11.4. The van der Waals surface area contributed by atoms with Crippen LogP contribution in [0.15, 0.2) is 18.2 Å². The minimum Gasteiger partial charge on any atom is -0.397 e. The highest BCUT2D eigenvalue weighted by Crippen LogP contribution is 2.32. The van der Waals surface area contributed by atoms with Crippen molar-refractivity contribution in [2.24, 2.45) is 0 Å². The number of thiophene rings is 1. The first-order chi connectivity index (χ1) is 9.52. The van der Waals surface area contributed by atoms with E-state index in [4.69, 9.17) is 5.73 Å². The highest BCUT2D eigenvalue weighted by Gasteiger charge is 2.19. The summed E-state index contributed by atoms with van der Waals surface area (Å²) >= 11 is 1.79. The van der Waals surface area contributed by atoms with E-state index >= 15 is 0 Å². The molecule has 0 unspecified atom stereocenters. The molecule has 0 fully saturated rings. The molecule has 0 saturated carbocycles. The number of hydrogen-bond donors (Lipinski definition) is 3. The first-order valence-electron chi connectivity index (χ1n) is 6.55. The normalized spacial score (nSPS) is 13.2. The van der Waals surface area contributed by atoms with Gasteiger partial charge in [-0.15, -0.1) is 11.3 Å². The van der Waals surface area contributed by atoms with Gasteiger partial charge in [-0.1, -0.05) is 0 Å². The standard InChI is InChI=1S/C15H17N3OS/c1-8-3-11(20-9(8)2)7-17-14-6-13-10(4-12(14)16)5-15(19)18-13/h3-4,6,17H,5,7,16H2,1-2H3,(H,18,19). The Kier molecular flexibility index (Phi) is 3.14. The fraction of sp³-hybridized carbons (Fsp3) is 0.267. The van der Waals surface area contributed by atoms with Gasteiger partial charge in [-0.05, 0) is 43.2 Å². The Bertz CT molecular complexity index is 671. The molecule has 0 bridgehead atoms. The van der Waals surface area contributed by atoms with E-state index in [0.717, 1.165) is 23.5 Å². The number of carbonyl (C=O) groups excluding carboxylic acids is 1. The topological polar surface area (TPSA) is 67.1 Å². The lowest BCUT2D eigenvalue weighted by Crippen LogP contribution is -2.04. The largest absolute Gasteiger partial charge is 0.397 e. The molecule has 0 atom stereocenters. The zero-order valence-electron chi connectivity index (χ0n) is 11.5. The molecule has 0 aliphatic carbocycles. The Morgan fingerprint density at radius 3 is 2.85 bits per heavy atom. The van der Waals surface area contributed by atoms with E-state index in [1.165, 1.54) is 15.3 Å². The van der Waals surface area contributed by atoms with Gasteiger partial charge in [-0.2, -0.15) is 0 Å². The van der Waals surface area contributed by atoms with Crippen molar-refractivity contribution in [3.8, 4) is 0 Å². The van der Waals surface area contributed by atoms with Crippen molar-refractivity contribution >= 4 is 34.3 Å². The molecule has 20 heavy (non-hydrogen) atoms. The predicted molar refractivity (Wildman–Crippen MR) is 84.3 cm³/mol. The number of nitrogens with two attached hydrogens (primary N) is 1. The molecule has 0 radical (unpaired) electrons. The van der Waals surface area contributed by atoms with Crippen LogP contribution in [0, 0.1) is 13.8 Å². The number of amides is 1. The van der Waals surface area contributed by atoms with Crippen LogP contribution in [-0.2, 0) is 17.8 Å². The molecule has 1 amide bonds. The molecule has 2 heterocycles. The Balaban J connectivity index is 1.78. The third-order valence-electron chi connectivity index (χ3n) is 3.57. The van der Waals surface area contributed by atoms with Gasteiger partial charge in [0.2, 0.25) is 5.91 Å². The van der Waals surface area contributed by atoms with Crippen LogP contribution in [0.3, 0.4) is 0 Å². The highest BCUT2D eigenvalue weighted by atomic mass is 32.1. The van der Waals surface area contributed by atoms with E-state index in [1.54, 1.807) is 11.3 Å². The van der Waals surface area contributed by atoms with Gasteiger partial charge in [-0.25, -0.2) is 0 Å². The fourth-order valence-electron chi connectivity index (χ4n) is 2.37. The maximum Gasteiger partial charge on any atom is 0.228 e. The van der Waals surface area contributed by atoms with Crippen LogP contribution in [0.4, 0.5) is 17.1 Å². The Labute approximate surface area is 122 Å². The zero-order chi connectivity index (χ0) is 14.3. The third kappa shape index (κ3) is 2.36. The lowest BCUT2D eigenvalue weighted by atomic mass is 10.1. The molecule has 1 aromatic carbocycles. The SMILES string of the molecule is Cc1cc(CNc2cc3c(cc2N)CC(=O)N3)sc1C. The van der Waals surface area contributed by atoms with Crippen molar-refractivity contribution in [1.29, 1.82) is 0 Å². The van der Waals surface area contributed by atoms with E-state index < -0.39 is 0 Å². The Morgan fingerprint density at radius 2 is 2.15 bits per heavy atom. The second-order valence-corrected chi connectivity index (χ2v) is 6.47. The average molecular weight is 287 g/mol. The molecule has 0 spiro atoms. The molecule has 1 aromatic heterocycles. The van der Waals surface area contributed by atoms with Crippen LogP contribution >= 0.6 is 11.3 Å². The fourth-order valence-corrected chi connectivity index (χ4v) is 3.36. The monoisotopic (exact) mass is 287 g/mol. The van der Waals surface area contributed by atoms with E-state index in [0.29, 0.717) is 12.1 Å². The summed E-state index contributed by atoms with van der Waals surface area (Å²) in [5.74, 6) is 0.0288. The molecule has 1 aliphatic rings. The number of hydrogen-bond acceptors (Lipinski definition) is 4. The summed E-state index contributed by atoms with van der Waals surface area (Å²) in [6.07, 6.45) is 0.420. The number of carbonyl (C=O) groups is 1. The van der Waals surface area contributed by atoms with Crippen LogP contribution in [0.1, 0.15) is 20.9 Å². The summed E-state index contributed by atoms with van der Waals surface area (Å²) in [7, 11) is 0. The third-order valence-corrected chi connectivity index (χ3v) is 4.72. The molecule has 104 valence electrons. The van der Waals surface area contributed by atoms with Crippen LogP contribution in [0.2, 0.25) is 0 Å². The van der Waals surface area contributed by atoms with Gasteiger partial charge in [0.15, 0.2) is 0 Å². The maximum atomic E-state index is 11.4. The second-order valence-electron chi connectivity index (χ2n) is 5.13. The van der Waals surface area contributed by atoms with Crippen LogP contribution in [0.5, 0.6) is 0 Å². The smallest absolute Gasteiger partial charge is 0.228 e. The van der Waals surface area contributed by atoms with Crippen LogP contribution in [0.25, 0.3) is 0 Å². The number of aryl methyl sites for hydroxylation is 2. The van der Waals surface area contributed by atoms with E-state index in [9.17, 15) is 4.79 Å². The van der Waals surface area contributed by atoms with Gasteiger partial charge in [0.25, 0.3) is 0 Å². The molecular weight excluding hydrogens is 270 g/mol. The summed E-state index contributed by atoms with van der Waals surface area (Å²) in [4.78, 5) is 14.0. The number of anilines is 3. The molecule has 3 rings (SSSR count). The van der Waals surface area contributed by atoms with Gasteiger partial charge in [-0.3, -0.25) is 4.79 Å². The summed E-state index contributed by atoms with van der Waals surface area (Å²) < 4.78 is 0. The Morgan fingerprint density at radius 1 is 1.35 bits per heavy atom. The Hall–Kier alpha value is -2.01. The molecular formula is C15H17N3OS. The van der Waals surface area contributed by atoms with Gasteiger partial charge in [0.1, 0.15) is 0 Å². The quantitative estimate of drug-likeness (QED) is 0.760. The predicted octanol–water partition coefficient (Wildman–Crippen LogP) is 3.05. The minimum absolute atomic E-state index is 0.0288. The zero-order valence-corrected chi connectivity index (χ0v) is 12.4. The first-order valence-corrected chi connectivity index (χ1v) is 7.36. The molecule has 5 heteroatoms. The first kappa shape index (κ1) is 13.0. The number of rotatable bonds is 3. The number of nitrogens with one attached hydrogen (secondary N) is 2. The van der Waals surface area contributed by atoms with Crippen molar-refractivity contribution in [3.05, 3.63) is 39.1 Å². The van der Waals surface area contributed by atoms with Gasteiger partial charge < -0.3 is 16.4 Å². The van der Waals surface area contributed by atoms with Crippen molar-refractivity contribution in [1.82, 2.24) is 0 Å². The lowest BCUT2D eigenvalue weighted by Gasteiger charge is -2.10. The van der Waals surface area contributed by atoms with Gasteiger partial charge >= 0.3 is 0 Å². The molecule has 4 nitrogen and oxygen atoms in total. The number of nitrogen functional groups attached to an aromatic ring is 1. The van der Waals surface area contributed by atoms with E-state index in [2.05, 4.69) is 30.5 Å². The van der Waals surface area contributed by atoms with Crippen molar-refractivity contribution < 1.29 is 4.79 Å². The van der Waals surface area contributed by atoms with Gasteiger partial charge in [0.05, 0.1) is 17.8 Å². The highest BCUT2D eigenvalue weighted by molar-refractivity contribution is 7.12. The lowest BCUT2D eigenvalue weighted by molar-refractivity contribution is -0.115. The average Bonchev–Trinajstić information content (AvgIpc) is 2.89. The van der Waals surface area contributed by atoms with Gasteiger partial charge in [0, 0.05) is 22.0 Å². The van der Waals surface area contributed by atoms with E-state index in [-0.39, 0.29) is 5.91 Å².